The highest BCUT2D eigenvalue weighted by Crippen LogP contribution is 2.35. The van der Waals surface area contributed by atoms with Crippen LogP contribution in [0, 0.1) is 0 Å². The second-order valence-corrected chi connectivity index (χ2v) is 7.51. The molecule has 0 N–H and O–H groups in total. The second kappa shape index (κ2) is 6.24. The van der Waals surface area contributed by atoms with Crippen molar-refractivity contribution in [3.8, 4) is 0 Å². The van der Waals surface area contributed by atoms with Crippen molar-refractivity contribution in [3.05, 3.63) is 54.1 Å². The molecule has 0 aliphatic carbocycles. The quantitative estimate of drug-likeness (QED) is 0.626. The Kier molecular flexibility index (Phi) is 4.31. The lowest BCUT2D eigenvalue weighted by molar-refractivity contribution is 0.563. The lowest BCUT2D eigenvalue weighted by atomic mass is 9.99. The number of anilines is 1. The van der Waals surface area contributed by atoms with Crippen LogP contribution >= 0.6 is 12.2 Å². The summed E-state index contributed by atoms with van der Waals surface area (Å²) in [6.07, 6.45) is 1.70. The molecule has 0 saturated carbocycles. The van der Waals surface area contributed by atoms with E-state index in [1.807, 2.05) is 31.2 Å². The number of nitrogens with zero attached hydrogens (tertiary/aromatic N) is 2. The van der Waals surface area contributed by atoms with Gasteiger partial charge in [-0.2, -0.15) is 4.99 Å². The van der Waals surface area contributed by atoms with E-state index in [1.54, 1.807) is 24.3 Å². The number of hydrogen-bond acceptors (Lipinski definition) is 4. The number of fused-ring (bicyclic) bond motifs is 1. The Bertz CT molecular complexity index is 870. The summed E-state index contributed by atoms with van der Waals surface area (Å²) in [6, 6.07) is 14.0. The number of hydrogen-bond donors (Lipinski definition) is 0. The van der Waals surface area contributed by atoms with E-state index in [9.17, 15) is 8.42 Å². The van der Waals surface area contributed by atoms with Gasteiger partial charge < -0.3 is 0 Å². The molecule has 118 valence electrons. The number of thiocarbonyl (C=S) groups is 1. The largest absolute Gasteiger partial charge is 0.264 e. The Morgan fingerprint density at radius 3 is 2.57 bits per heavy atom. The summed E-state index contributed by atoms with van der Waals surface area (Å²) >= 11 is 4.56. The number of isothiocyanates is 1. The van der Waals surface area contributed by atoms with Crippen LogP contribution in [0.5, 0.6) is 0 Å². The maximum Gasteiger partial charge on any atom is 0.264 e. The third-order valence-corrected chi connectivity index (χ3v) is 6.06. The van der Waals surface area contributed by atoms with E-state index in [-0.39, 0.29) is 10.9 Å². The molecule has 1 aliphatic heterocycles. The van der Waals surface area contributed by atoms with Gasteiger partial charge in [0.05, 0.1) is 21.4 Å². The maximum atomic E-state index is 13.1. The van der Waals surface area contributed by atoms with Crippen LogP contribution in [0.4, 0.5) is 11.4 Å². The van der Waals surface area contributed by atoms with Crippen LogP contribution in [0.1, 0.15) is 18.9 Å². The molecule has 23 heavy (non-hydrogen) atoms. The molecule has 0 saturated heterocycles. The Hall–Kier alpha value is -2.01. The minimum Gasteiger partial charge on any atom is -0.263 e. The zero-order valence-corrected chi connectivity index (χ0v) is 14.3. The molecule has 4 nitrogen and oxygen atoms in total. The van der Waals surface area contributed by atoms with Gasteiger partial charge in [-0.05, 0) is 67.9 Å². The number of rotatable bonds is 3. The molecular formula is C17H16N2O2S2. The first kappa shape index (κ1) is 15.9. The van der Waals surface area contributed by atoms with Crippen LogP contribution < -0.4 is 4.31 Å². The number of para-hydroxylation sites is 1. The molecular weight excluding hydrogens is 328 g/mol. The van der Waals surface area contributed by atoms with Crippen molar-refractivity contribution < 1.29 is 8.42 Å². The SMILES string of the molecule is C[C@H]1CCc2ccccc2N1S(=O)(=O)c1ccc(N=C=S)cc1. The monoisotopic (exact) mass is 344 g/mol. The summed E-state index contributed by atoms with van der Waals surface area (Å²) in [4.78, 5) is 4.10. The minimum absolute atomic E-state index is 0.0754. The van der Waals surface area contributed by atoms with Crippen LogP contribution in [0.3, 0.4) is 0 Å². The van der Waals surface area contributed by atoms with E-state index in [4.69, 9.17) is 0 Å². The lowest BCUT2D eigenvalue weighted by Gasteiger charge is -2.36. The Balaban J connectivity index is 2.07. The second-order valence-electron chi connectivity index (χ2n) is 5.51. The van der Waals surface area contributed by atoms with Crippen molar-refractivity contribution in [2.24, 2.45) is 4.99 Å². The molecule has 2 aromatic carbocycles. The summed E-state index contributed by atoms with van der Waals surface area (Å²) in [5.74, 6) is 0. The van der Waals surface area contributed by atoms with Gasteiger partial charge in [0, 0.05) is 6.04 Å². The predicted molar refractivity (Wildman–Crippen MR) is 95.0 cm³/mol. The third-order valence-electron chi connectivity index (χ3n) is 4.03. The molecule has 6 heteroatoms. The smallest absolute Gasteiger partial charge is 0.263 e. The fraction of sp³-hybridized carbons (Fsp3) is 0.235. The van der Waals surface area contributed by atoms with Crippen molar-refractivity contribution >= 4 is 38.8 Å². The van der Waals surface area contributed by atoms with Gasteiger partial charge in [-0.1, -0.05) is 18.2 Å². The average molecular weight is 344 g/mol. The number of aliphatic imine (C=N–C) groups is 1. The molecule has 0 spiro atoms. The van der Waals surface area contributed by atoms with Crippen molar-refractivity contribution in [2.75, 3.05) is 4.31 Å². The minimum atomic E-state index is -3.61. The Morgan fingerprint density at radius 1 is 1.17 bits per heavy atom. The molecule has 1 aliphatic rings. The summed E-state index contributed by atoms with van der Waals surface area (Å²) in [7, 11) is -3.61. The van der Waals surface area contributed by atoms with Gasteiger partial charge >= 0.3 is 0 Å². The van der Waals surface area contributed by atoms with E-state index < -0.39 is 10.0 Å². The third kappa shape index (κ3) is 2.93. The van der Waals surface area contributed by atoms with E-state index in [0.717, 1.165) is 24.1 Å². The molecule has 2 aromatic rings. The summed E-state index contributed by atoms with van der Waals surface area (Å²) in [5.41, 5.74) is 2.43. The molecule has 1 atom stereocenters. The molecule has 0 unspecified atom stereocenters. The van der Waals surface area contributed by atoms with Crippen LogP contribution in [0.2, 0.25) is 0 Å². The average Bonchev–Trinajstić information content (AvgIpc) is 2.55. The van der Waals surface area contributed by atoms with Gasteiger partial charge in [0.25, 0.3) is 10.0 Å². The molecule has 0 radical (unpaired) electrons. The normalized spacial score (nSPS) is 17.3. The van der Waals surface area contributed by atoms with E-state index in [2.05, 4.69) is 22.4 Å². The van der Waals surface area contributed by atoms with Gasteiger partial charge in [0.1, 0.15) is 0 Å². The van der Waals surface area contributed by atoms with Gasteiger partial charge in [0.15, 0.2) is 0 Å². The zero-order chi connectivity index (χ0) is 16.4. The van der Waals surface area contributed by atoms with Gasteiger partial charge in [-0.15, -0.1) is 0 Å². The van der Waals surface area contributed by atoms with Gasteiger partial charge in [-0.25, -0.2) is 8.42 Å². The Labute approximate surface area is 141 Å². The zero-order valence-electron chi connectivity index (χ0n) is 12.6. The van der Waals surface area contributed by atoms with Crippen LogP contribution in [0.25, 0.3) is 0 Å². The first-order valence-electron chi connectivity index (χ1n) is 7.34. The number of benzene rings is 2. The standard InChI is InChI=1S/C17H16N2O2S2/c1-13-6-7-14-4-2-3-5-17(14)19(13)23(20,21)16-10-8-15(9-11-16)18-12-22/h2-5,8-11,13H,6-7H2,1H3/t13-/m0/s1. The highest BCUT2D eigenvalue weighted by molar-refractivity contribution is 7.92. The number of sulfonamides is 1. The molecule has 0 fully saturated rings. The van der Waals surface area contributed by atoms with Crippen molar-refractivity contribution in [2.45, 2.75) is 30.7 Å². The van der Waals surface area contributed by atoms with Crippen molar-refractivity contribution in [3.63, 3.8) is 0 Å². The van der Waals surface area contributed by atoms with Crippen LogP contribution in [0.15, 0.2) is 58.4 Å². The molecule has 3 rings (SSSR count). The molecule has 0 amide bonds. The highest BCUT2D eigenvalue weighted by atomic mass is 32.2. The number of aryl methyl sites for hydroxylation is 1. The fourth-order valence-electron chi connectivity index (χ4n) is 2.88. The lowest BCUT2D eigenvalue weighted by Crippen LogP contribution is -2.42. The van der Waals surface area contributed by atoms with Crippen LogP contribution in [-0.2, 0) is 16.4 Å². The van der Waals surface area contributed by atoms with Gasteiger partial charge in [-0.3, -0.25) is 4.31 Å². The summed E-state index contributed by atoms with van der Waals surface area (Å²) in [6.45, 7) is 1.94. The fourth-order valence-corrected chi connectivity index (χ4v) is 4.71. The van der Waals surface area contributed by atoms with Crippen molar-refractivity contribution in [1.82, 2.24) is 0 Å². The van der Waals surface area contributed by atoms with Crippen LogP contribution in [-0.4, -0.2) is 19.6 Å². The predicted octanol–water partition coefficient (Wildman–Crippen LogP) is 3.95. The van der Waals surface area contributed by atoms with E-state index in [1.165, 1.54) is 4.31 Å². The molecule has 0 aromatic heterocycles. The maximum absolute atomic E-state index is 13.1. The van der Waals surface area contributed by atoms with Crippen molar-refractivity contribution in [1.29, 1.82) is 0 Å². The van der Waals surface area contributed by atoms with Gasteiger partial charge in [0.2, 0.25) is 0 Å². The summed E-state index contributed by atoms with van der Waals surface area (Å²) < 4.78 is 27.7. The van der Waals surface area contributed by atoms with E-state index in [0.29, 0.717) is 5.69 Å². The summed E-state index contributed by atoms with van der Waals surface area (Å²) in [5, 5.41) is 2.27. The highest BCUT2D eigenvalue weighted by Gasteiger charge is 2.33. The molecule has 1 heterocycles. The first-order chi connectivity index (χ1) is 11.0. The molecule has 0 bridgehead atoms. The topological polar surface area (TPSA) is 49.7 Å². The Morgan fingerprint density at radius 2 is 1.87 bits per heavy atom. The first-order valence-corrected chi connectivity index (χ1v) is 9.19. The van der Waals surface area contributed by atoms with E-state index >= 15 is 0 Å².